The summed E-state index contributed by atoms with van der Waals surface area (Å²) in [7, 11) is 0. The van der Waals surface area contributed by atoms with Gasteiger partial charge < -0.3 is 5.32 Å². The van der Waals surface area contributed by atoms with Crippen LogP contribution in [0.3, 0.4) is 0 Å². The van der Waals surface area contributed by atoms with Gasteiger partial charge in [-0.25, -0.2) is 0 Å². The lowest BCUT2D eigenvalue weighted by molar-refractivity contribution is 0.151. The topological polar surface area (TPSA) is 15.3 Å². The molecule has 0 aromatic heterocycles. The third-order valence-corrected chi connectivity index (χ3v) is 4.21. The van der Waals surface area contributed by atoms with Crippen molar-refractivity contribution in [1.82, 2.24) is 10.2 Å². The Bertz CT molecular complexity index is 185. The van der Waals surface area contributed by atoms with Crippen molar-refractivity contribution in [2.45, 2.75) is 70.4 Å². The second-order valence-electron chi connectivity index (χ2n) is 5.70. The fraction of sp³-hybridized carbons (Fsp3) is 1.00. The van der Waals surface area contributed by atoms with Crippen LogP contribution < -0.4 is 5.32 Å². The first-order chi connectivity index (χ1) is 7.86. The predicted octanol–water partition coefficient (Wildman–Crippen LogP) is 2.78. The van der Waals surface area contributed by atoms with E-state index in [1.54, 1.807) is 0 Å². The van der Waals surface area contributed by atoms with Crippen LogP contribution in [0.5, 0.6) is 0 Å². The monoisotopic (exact) mass is 224 g/mol. The lowest BCUT2D eigenvalue weighted by Crippen LogP contribution is -2.46. The third-order valence-electron chi connectivity index (χ3n) is 4.21. The molecule has 2 fully saturated rings. The quantitative estimate of drug-likeness (QED) is 0.689. The van der Waals surface area contributed by atoms with Gasteiger partial charge in [-0.2, -0.15) is 0 Å². The minimum absolute atomic E-state index is 0.684. The highest BCUT2D eigenvalue weighted by atomic mass is 15.2. The molecule has 1 unspecified atom stereocenters. The van der Waals surface area contributed by atoms with Crippen molar-refractivity contribution in [3.63, 3.8) is 0 Å². The zero-order valence-corrected chi connectivity index (χ0v) is 10.9. The Morgan fingerprint density at radius 3 is 2.44 bits per heavy atom. The minimum atomic E-state index is 0.684. The second-order valence-corrected chi connectivity index (χ2v) is 5.70. The van der Waals surface area contributed by atoms with Gasteiger partial charge in [0.25, 0.3) is 0 Å². The maximum atomic E-state index is 3.63. The molecule has 0 amide bonds. The van der Waals surface area contributed by atoms with E-state index < -0.39 is 0 Å². The number of hydrogen-bond acceptors (Lipinski definition) is 2. The molecule has 2 nitrogen and oxygen atoms in total. The van der Waals surface area contributed by atoms with Gasteiger partial charge in [0.15, 0.2) is 0 Å². The molecule has 16 heavy (non-hydrogen) atoms. The molecule has 1 N–H and O–H groups in total. The molecular weight excluding hydrogens is 196 g/mol. The summed E-state index contributed by atoms with van der Waals surface area (Å²) in [6.45, 7) is 6.18. The molecule has 1 aliphatic heterocycles. The zero-order valence-electron chi connectivity index (χ0n) is 10.9. The normalized spacial score (nSPS) is 31.7. The van der Waals surface area contributed by atoms with E-state index in [0.717, 1.165) is 6.04 Å². The van der Waals surface area contributed by atoms with E-state index in [-0.39, 0.29) is 0 Å². The molecule has 0 radical (unpaired) electrons. The van der Waals surface area contributed by atoms with E-state index in [4.69, 9.17) is 0 Å². The van der Waals surface area contributed by atoms with Gasteiger partial charge in [0.05, 0.1) is 0 Å². The highest BCUT2D eigenvalue weighted by Crippen LogP contribution is 2.22. The van der Waals surface area contributed by atoms with Crippen molar-refractivity contribution in [2.75, 3.05) is 19.6 Å². The smallest absolute Gasteiger partial charge is 0.0166 e. The third kappa shape index (κ3) is 3.74. The fourth-order valence-corrected chi connectivity index (χ4v) is 3.25. The molecule has 1 saturated carbocycles. The Balaban J connectivity index is 1.88. The number of nitrogens with zero attached hydrogens (tertiary/aromatic N) is 1. The van der Waals surface area contributed by atoms with Crippen LogP contribution in [-0.2, 0) is 0 Å². The summed E-state index contributed by atoms with van der Waals surface area (Å²) < 4.78 is 0. The molecule has 2 heteroatoms. The largest absolute Gasteiger partial charge is 0.313 e. The van der Waals surface area contributed by atoms with Crippen LogP contribution in [0.15, 0.2) is 0 Å². The Morgan fingerprint density at radius 1 is 0.938 bits per heavy atom. The summed E-state index contributed by atoms with van der Waals surface area (Å²) in [5, 5.41) is 3.63. The SMILES string of the molecule is CC1CN(C2CCCCCC2)CCCCN1. The molecule has 1 aliphatic carbocycles. The van der Waals surface area contributed by atoms with E-state index in [2.05, 4.69) is 17.1 Å². The highest BCUT2D eigenvalue weighted by molar-refractivity contribution is 4.79. The van der Waals surface area contributed by atoms with Gasteiger partial charge in [0.1, 0.15) is 0 Å². The van der Waals surface area contributed by atoms with Gasteiger partial charge in [-0.1, -0.05) is 25.7 Å². The summed E-state index contributed by atoms with van der Waals surface area (Å²) in [5.41, 5.74) is 0. The summed E-state index contributed by atoms with van der Waals surface area (Å²) in [6.07, 6.45) is 11.5. The van der Waals surface area contributed by atoms with E-state index in [9.17, 15) is 0 Å². The van der Waals surface area contributed by atoms with Crippen LogP contribution in [-0.4, -0.2) is 36.6 Å². The Labute approximate surface area is 101 Å². The van der Waals surface area contributed by atoms with Crippen LogP contribution in [0.2, 0.25) is 0 Å². The molecule has 94 valence electrons. The standard InChI is InChI=1S/C14H28N2/c1-13-12-16(11-7-6-10-15-13)14-8-4-2-3-5-9-14/h13-15H,2-12H2,1H3. The van der Waals surface area contributed by atoms with Crippen molar-refractivity contribution >= 4 is 0 Å². The molecule has 0 spiro atoms. The van der Waals surface area contributed by atoms with Crippen LogP contribution >= 0.6 is 0 Å². The average molecular weight is 224 g/mol. The highest BCUT2D eigenvalue weighted by Gasteiger charge is 2.22. The second kappa shape index (κ2) is 6.61. The average Bonchev–Trinajstić information content (AvgIpc) is 2.51. The fourth-order valence-electron chi connectivity index (χ4n) is 3.25. The van der Waals surface area contributed by atoms with Gasteiger partial charge in [-0.05, 0) is 45.7 Å². The first kappa shape index (κ1) is 12.4. The number of nitrogens with one attached hydrogen (secondary N) is 1. The van der Waals surface area contributed by atoms with Gasteiger partial charge in [0.2, 0.25) is 0 Å². The molecule has 1 atom stereocenters. The molecule has 1 heterocycles. The van der Waals surface area contributed by atoms with Crippen molar-refractivity contribution < 1.29 is 0 Å². The predicted molar refractivity (Wildman–Crippen MR) is 69.8 cm³/mol. The maximum absolute atomic E-state index is 3.63. The first-order valence-electron chi connectivity index (χ1n) is 7.33. The Hall–Kier alpha value is -0.0800. The van der Waals surface area contributed by atoms with Gasteiger partial charge in [-0.15, -0.1) is 0 Å². The molecule has 2 aliphatic rings. The van der Waals surface area contributed by atoms with Crippen LogP contribution in [0.25, 0.3) is 0 Å². The van der Waals surface area contributed by atoms with Crippen molar-refractivity contribution in [2.24, 2.45) is 0 Å². The van der Waals surface area contributed by atoms with E-state index in [0.29, 0.717) is 6.04 Å². The van der Waals surface area contributed by atoms with Crippen molar-refractivity contribution in [1.29, 1.82) is 0 Å². The lowest BCUT2D eigenvalue weighted by atomic mass is 10.0. The van der Waals surface area contributed by atoms with Crippen molar-refractivity contribution in [3.8, 4) is 0 Å². The van der Waals surface area contributed by atoms with E-state index in [1.165, 1.54) is 71.0 Å². The maximum Gasteiger partial charge on any atom is 0.0166 e. The molecule has 1 saturated heterocycles. The Morgan fingerprint density at radius 2 is 1.69 bits per heavy atom. The van der Waals surface area contributed by atoms with E-state index in [1.807, 2.05) is 0 Å². The number of hydrogen-bond donors (Lipinski definition) is 1. The molecule has 0 aromatic rings. The van der Waals surface area contributed by atoms with Crippen LogP contribution in [0.1, 0.15) is 58.3 Å². The van der Waals surface area contributed by atoms with Gasteiger partial charge in [0, 0.05) is 18.6 Å². The summed E-state index contributed by atoms with van der Waals surface area (Å²) in [6, 6.07) is 1.58. The minimum Gasteiger partial charge on any atom is -0.313 e. The summed E-state index contributed by atoms with van der Waals surface area (Å²) in [4.78, 5) is 2.78. The van der Waals surface area contributed by atoms with Crippen LogP contribution in [0, 0.1) is 0 Å². The zero-order chi connectivity index (χ0) is 11.2. The lowest BCUT2D eigenvalue weighted by Gasteiger charge is -2.35. The van der Waals surface area contributed by atoms with E-state index >= 15 is 0 Å². The molecular formula is C14H28N2. The molecule has 0 bridgehead atoms. The van der Waals surface area contributed by atoms with Crippen molar-refractivity contribution in [3.05, 3.63) is 0 Å². The first-order valence-corrected chi connectivity index (χ1v) is 7.33. The Kier molecular flexibility index (Phi) is 5.11. The van der Waals surface area contributed by atoms with Gasteiger partial charge >= 0.3 is 0 Å². The number of rotatable bonds is 1. The van der Waals surface area contributed by atoms with Crippen LogP contribution in [0.4, 0.5) is 0 Å². The summed E-state index contributed by atoms with van der Waals surface area (Å²) in [5.74, 6) is 0. The molecule has 2 rings (SSSR count). The summed E-state index contributed by atoms with van der Waals surface area (Å²) >= 11 is 0. The molecule has 0 aromatic carbocycles. The van der Waals surface area contributed by atoms with Gasteiger partial charge in [-0.3, -0.25) is 4.90 Å².